The van der Waals surface area contributed by atoms with Crippen LogP contribution in [-0.4, -0.2) is 13.1 Å². The zero-order valence-corrected chi connectivity index (χ0v) is 8.62. The van der Waals surface area contributed by atoms with Crippen molar-refractivity contribution in [3.8, 4) is 0 Å². The van der Waals surface area contributed by atoms with Gasteiger partial charge in [-0.15, -0.1) is 0 Å². The number of esters is 1. The third-order valence-electron chi connectivity index (χ3n) is 2.75. The molecule has 1 rings (SSSR count). The Balaban J connectivity index is 2.55. The van der Waals surface area contributed by atoms with Crippen LogP contribution in [0.2, 0.25) is 0 Å². The van der Waals surface area contributed by atoms with E-state index in [0.717, 1.165) is 12.8 Å². The highest BCUT2D eigenvalue weighted by Gasteiger charge is 2.25. The third-order valence-corrected chi connectivity index (χ3v) is 2.75. The zero-order valence-electron chi connectivity index (χ0n) is 8.62. The number of carbonyl (C=O) groups excluding carboxylic acids is 1. The molecule has 2 heteroatoms. The summed E-state index contributed by atoms with van der Waals surface area (Å²) in [7, 11) is 1.46. The van der Waals surface area contributed by atoms with E-state index in [1.165, 1.54) is 7.11 Å². The Kier molecular flexibility index (Phi) is 3.52. The number of allylic oxidation sites excluding steroid dienone is 2. The molecule has 0 fully saturated rings. The van der Waals surface area contributed by atoms with Crippen molar-refractivity contribution in [2.45, 2.75) is 26.7 Å². The molecule has 0 radical (unpaired) electrons. The van der Waals surface area contributed by atoms with Gasteiger partial charge in [-0.25, -0.2) is 0 Å². The number of carbonyl (C=O) groups is 1. The van der Waals surface area contributed by atoms with Crippen LogP contribution in [0, 0.1) is 17.8 Å². The van der Waals surface area contributed by atoms with Gasteiger partial charge >= 0.3 is 5.97 Å². The molecule has 13 heavy (non-hydrogen) atoms. The van der Waals surface area contributed by atoms with Crippen LogP contribution in [0.25, 0.3) is 0 Å². The highest BCUT2D eigenvalue weighted by atomic mass is 16.5. The van der Waals surface area contributed by atoms with Crippen molar-refractivity contribution >= 4 is 5.97 Å². The summed E-state index contributed by atoms with van der Waals surface area (Å²) in [4.78, 5) is 11.3. The van der Waals surface area contributed by atoms with Crippen LogP contribution < -0.4 is 0 Å². The van der Waals surface area contributed by atoms with E-state index in [1.54, 1.807) is 0 Å². The Hall–Kier alpha value is -0.790. The first-order valence-corrected chi connectivity index (χ1v) is 4.89. The van der Waals surface area contributed by atoms with Crippen molar-refractivity contribution in [2.75, 3.05) is 7.11 Å². The van der Waals surface area contributed by atoms with Crippen LogP contribution in [0.4, 0.5) is 0 Å². The molecule has 0 aromatic carbocycles. The van der Waals surface area contributed by atoms with Gasteiger partial charge in [-0.1, -0.05) is 26.0 Å². The normalized spacial score (nSPS) is 27.7. The largest absolute Gasteiger partial charge is 0.469 e. The minimum absolute atomic E-state index is 0.0602. The SMILES string of the molecule is COC(=O)[C@@H]1CC=C[C@H](C(C)C)C1. The lowest BCUT2D eigenvalue weighted by molar-refractivity contribution is -0.146. The first kappa shape index (κ1) is 10.3. The van der Waals surface area contributed by atoms with Gasteiger partial charge in [0.05, 0.1) is 13.0 Å². The van der Waals surface area contributed by atoms with Gasteiger partial charge in [0.1, 0.15) is 0 Å². The molecular formula is C11H18O2. The van der Waals surface area contributed by atoms with E-state index in [2.05, 4.69) is 26.0 Å². The molecule has 0 bridgehead atoms. The Labute approximate surface area is 80.0 Å². The quantitative estimate of drug-likeness (QED) is 0.484. The molecule has 0 saturated heterocycles. The van der Waals surface area contributed by atoms with E-state index < -0.39 is 0 Å². The summed E-state index contributed by atoms with van der Waals surface area (Å²) in [6, 6.07) is 0. The summed E-state index contributed by atoms with van der Waals surface area (Å²) in [6.07, 6.45) is 6.12. The van der Waals surface area contributed by atoms with Crippen molar-refractivity contribution in [3.63, 3.8) is 0 Å². The molecule has 0 spiro atoms. The summed E-state index contributed by atoms with van der Waals surface area (Å²) < 4.78 is 4.74. The second-order valence-corrected chi connectivity index (χ2v) is 4.03. The lowest BCUT2D eigenvalue weighted by Crippen LogP contribution is -2.23. The van der Waals surface area contributed by atoms with Gasteiger partial charge in [-0.05, 0) is 24.7 Å². The number of hydrogen-bond acceptors (Lipinski definition) is 2. The van der Waals surface area contributed by atoms with E-state index in [1.807, 2.05) is 0 Å². The van der Waals surface area contributed by atoms with Gasteiger partial charge in [0, 0.05) is 0 Å². The molecule has 74 valence electrons. The fraction of sp³-hybridized carbons (Fsp3) is 0.727. The first-order valence-electron chi connectivity index (χ1n) is 4.89. The average molecular weight is 182 g/mol. The highest BCUT2D eigenvalue weighted by molar-refractivity contribution is 5.72. The fourth-order valence-electron chi connectivity index (χ4n) is 1.77. The third kappa shape index (κ3) is 2.58. The van der Waals surface area contributed by atoms with E-state index in [4.69, 9.17) is 4.74 Å². The number of ether oxygens (including phenoxy) is 1. The van der Waals surface area contributed by atoms with Gasteiger partial charge in [0.15, 0.2) is 0 Å². The van der Waals surface area contributed by atoms with Crippen LogP contribution in [0.15, 0.2) is 12.2 Å². The summed E-state index contributed by atoms with van der Waals surface area (Å²) >= 11 is 0. The molecule has 1 aliphatic rings. The first-order chi connectivity index (χ1) is 6.15. The lowest BCUT2D eigenvalue weighted by Gasteiger charge is -2.25. The Bertz CT molecular complexity index is 206. The minimum Gasteiger partial charge on any atom is -0.469 e. The summed E-state index contributed by atoms with van der Waals surface area (Å²) in [5.74, 6) is 1.18. The zero-order chi connectivity index (χ0) is 9.84. The minimum atomic E-state index is -0.0602. The molecule has 0 saturated carbocycles. The van der Waals surface area contributed by atoms with Gasteiger partial charge in [0.2, 0.25) is 0 Å². The van der Waals surface area contributed by atoms with E-state index in [-0.39, 0.29) is 11.9 Å². The summed E-state index contributed by atoms with van der Waals surface area (Å²) in [6.45, 7) is 4.38. The molecule has 2 nitrogen and oxygen atoms in total. The smallest absolute Gasteiger partial charge is 0.308 e. The van der Waals surface area contributed by atoms with E-state index in [0.29, 0.717) is 11.8 Å². The maximum Gasteiger partial charge on any atom is 0.308 e. The highest BCUT2D eigenvalue weighted by Crippen LogP contribution is 2.29. The van der Waals surface area contributed by atoms with Crippen molar-refractivity contribution in [2.24, 2.45) is 17.8 Å². The number of hydrogen-bond donors (Lipinski definition) is 0. The standard InChI is InChI=1S/C11H18O2/c1-8(2)9-5-4-6-10(7-9)11(12)13-3/h4-5,8-10H,6-7H2,1-3H3/t9-,10+/m0/s1. The molecular weight excluding hydrogens is 164 g/mol. The molecule has 0 heterocycles. The maximum absolute atomic E-state index is 11.3. The molecule has 0 aliphatic heterocycles. The van der Waals surface area contributed by atoms with Crippen molar-refractivity contribution in [1.82, 2.24) is 0 Å². The van der Waals surface area contributed by atoms with Crippen LogP contribution in [0.1, 0.15) is 26.7 Å². The Morgan fingerprint density at radius 3 is 2.77 bits per heavy atom. The van der Waals surface area contributed by atoms with Crippen LogP contribution in [-0.2, 0) is 9.53 Å². The molecule has 0 amide bonds. The van der Waals surface area contributed by atoms with E-state index in [9.17, 15) is 4.79 Å². The molecule has 1 aliphatic carbocycles. The number of rotatable bonds is 2. The lowest BCUT2D eigenvalue weighted by atomic mass is 9.81. The number of methoxy groups -OCH3 is 1. The molecule has 2 atom stereocenters. The van der Waals surface area contributed by atoms with Crippen LogP contribution >= 0.6 is 0 Å². The molecule has 0 unspecified atom stereocenters. The monoisotopic (exact) mass is 182 g/mol. The fourth-order valence-corrected chi connectivity index (χ4v) is 1.77. The molecule has 0 aromatic rings. The summed E-state index contributed by atoms with van der Waals surface area (Å²) in [5.41, 5.74) is 0. The average Bonchev–Trinajstić information content (AvgIpc) is 2.17. The predicted octanol–water partition coefficient (Wildman–Crippen LogP) is 2.40. The van der Waals surface area contributed by atoms with Gasteiger partial charge < -0.3 is 4.74 Å². The second-order valence-electron chi connectivity index (χ2n) is 4.03. The molecule has 0 N–H and O–H groups in total. The predicted molar refractivity (Wildman–Crippen MR) is 52.2 cm³/mol. The van der Waals surface area contributed by atoms with Gasteiger partial charge in [0.25, 0.3) is 0 Å². The van der Waals surface area contributed by atoms with Gasteiger partial charge in [-0.2, -0.15) is 0 Å². The van der Waals surface area contributed by atoms with Crippen LogP contribution in [0.3, 0.4) is 0 Å². The Morgan fingerprint density at radius 2 is 2.23 bits per heavy atom. The van der Waals surface area contributed by atoms with Crippen molar-refractivity contribution in [1.29, 1.82) is 0 Å². The topological polar surface area (TPSA) is 26.3 Å². The molecule has 0 aromatic heterocycles. The summed E-state index contributed by atoms with van der Waals surface area (Å²) in [5, 5.41) is 0. The Morgan fingerprint density at radius 1 is 1.54 bits per heavy atom. The van der Waals surface area contributed by atoms with E-state index >= 15 is 0 Å². The van der Waals surface area contributed by atoms with Gasteiger partial charge in [-0.3, -0.25) is 4.79 Å². The maximum atomic E-state index is 11.3. The van der Waals surface area contributed by atoms with Crippen LogP contribution in [0.5, 0.6) is 0 Å². The van der Waals surface area contributed by atoms with Crippen molar-refractivity contribution < 1.29 is 9.53 Å². The van der Waals surface area contributed by atoms with Crippen molar-refractivity contribution in [3.05, 3.63) is 12.2 Å². The second kappa shape index (κ2) is 4.45.